The molecule has 1 aliphatic heterocycles. The number of ether oxygens (including phenoxy) is 1. The third-order valence-corrected chi connectivity index (χ3v) is 9.70. The van der Waals surface area contributed by atoms with Gasteiger partial charge in [-0.2, -0.15) is 4.31 Å². The maximum absolute atomic E-state index is 13.1. The Morgan fingerprint density at radius 1 is 0.842 bits per heavy atom. The second-order valence-corrected chi connectivity index (χ2v) is 12.8. The van der Waals surface area contributed by atoms with Gasteiger partial charge in [0.25, 0.3) is 15.9 Å². The van der Waals surface area contributed by atoms with Crippen molar-refractivity contribution in [2.45, 2.75) is 42.9 Å². The summed E-state index contributed by atoms with van der Waals surface area (Å²) in [5.41, 5.74) is 2.40. The Hall–Kier alpha value is -3.41. The van der Waals surface area contributed by atoms with E-state index in [2.05, 4.69) is 10.0 Å². The zero-order valence-corrected chi connectivity index (χ0v) is 23.2. The van der Waals surface area contributed by atoms with Crippen molar-refractivity contribution in [3.05, 3.63) is 77.4 Å². The van der Waals surface area contributed by atoms with E-state index in [-0.39, 0.29) is 15.4 Å². The van der Waals surface area contributed by atoms with Gasteiger partial charge in [-0.1, -0.05) is 18.6 Å². The van der Waals surface area contributed by atoms with Crippen molar-refractivity contribution >= 4 is 37.3 Å². The molecule has 0 bridgehead atoms. The number of rotatable bonds is 8. The molecule has 1 aliphatic rings. The number of anilines is 2. The van der Waals surface area contributed by atoms with Crippen LogP contribution in [0.3, 0.4) is 0 Å². The average molecular weight is 558 g/mol. The second kappa shape index (κ2) is 11.1. The van der Waals surface area contributed by atoms with Crippen LogP contribution in [0.4, 0.5) is 11.4 Å². The Balaban J connectivity index is 1.51. The molecular formula is C27H31N3O6S2. The lowest BCUT2D eigenvalue weighted by atomic mass is 10.1. The van der Waals surface area contributed by atoms with Crippen molar-refractivity contribution in [3.8, 4) is 5.75 Å². The highest BCUT2D eigenvalue weighted by atomic mass is 32.2. The van der Waals surface area contributed by atoms with Gasteiger partial charge >= 0.3 is 0 Å². The maximum Gasteiger partial charge on any atom is 0.262 e. The molecule has 1 saturated heterocycles. The van der Waals surface area contributed by atoms with Gasteiger partial charge in [-0.05, 0) is 86.3 Å². The van der Waals surface area contributed by atoms with Gasteiger partial charge in [-0.25, -0.2) is 16.8 Å². The van der Waals surface area contributed by atoms with Gasteiger partial charge in [-0.15, -0.1) is 0 Å². The Morgan fingerprint density at radius 3 is 2.16 bits per heavy atom. The zero-order valence-electron chi connectivity index (χ0n) is 21.5. The fourth-order valence-corrected chi connectivity index (χ4v) is 6.89. The Kier molecular flexibility index (Phi) is 8.10. The zero-order chi connectivity index (χ0) is 27.5. The van der Waals surface area contributed by atoms with Crippen LogP contribution in [0.1, 0.15) is 40.7 Å². The number of nitrogens with zero attached hydrogens (tertiary/aromatic N) is 1. The van der Waals surface area contributed by atoms with E-state index in [4.69, 9.17) is 4.74 Å². The number of carbonyl (C=O) groups is 1. The van der Waals surface area contributed by atoms with Gasteiger partial charge in [0.2, 0.25) is 10.0 Å². The predicted octanol–water partition coefficient (Wildman–Crippen LogP) is 4.54. The van der Waals surface area contributed by atoms with E-state index in [1.807, 2.05) is 13.0 Å². The SMILES string of the molecule is COc1ccc(C)cc1NS(=O)(=O)c1ccc(NC(=O)c2cc(S(=O)(=O)N3CCCCC3)ccc2C)cc1. The smallest absolute Gasteiger partial charge is 0.262 e. The van der Waals surface area contributed by atoms with E-state index in [1.54, 1.807) is 25.1 Å². The van der Waals surface area contributed by atoms with Crippen LogP contribution in [0.2, 0.25) is 0 Å². The molecular weight excluding hydrogens is 526 g/mol. The normalized spacial score (nSPS) is 14.6. The Bertz CT molecular complexity index is 1550. The molecule has 1 fully saturated rings. The third-order valence-electron chi connectivity index (χ3n) is 6.43. The molecule has 2 N–H and O–H groups in total. The largest absolute Gasteiger partial charge is 0.495 e. The van der Waals surface area contributed by atoms with Crippen molar-refractivity contribution in [1.29, 1.82) is 0 Å². The minimum atomic E-state index is -3.91. The molecule has 0 unspecified atom stereocenters. The van der Waals surface area contributed by atoms with E-state index in [0.29, 0.717) is 35.8 Å². The quantitative estimate of drug-likeness (QED) is 0.419. The summed E-state index contributed by atoms with van der Waals surface area (Å²) in [6.45, 7) is 4.51. The van der Waals surface area contributed by atoms with E-state index >= 15 is 0 Å². The Morgan fingerprint density at radius 2 is 1.50 bits per heavy atom. The van der Waals surface area contributed by atoms with Crippen LogP contribution < -0.4 is 14.8 Å². The molecule has 0 spiro atoms. The van der Waals surface area contributed by atoms with Gasteiger partial charge in [0.05, 0.1) is 22.6 Å². The molecule has 202 valence electrons. The van der Waals surface area contributed by atoms with Crippen molar-refractivity contribution < 1.29 is 26.4 Å². The van der Waals surface area contributed by atoms with E-state index in [1.165, 1.54) is 47.8 Å². The van der Waals surface area contributed by atoms with Gasteiger partial charge in [0.15, 0.2) is 0 Å². The van der Waals surface area contributed by atoms with Crippen LogP contribution >= 0.6 is 0 Å². The summed E-state index contributed by atoms with van der Waals surface area (Å²) >= 11 is 0. The lowest BCUT2D eigenvalue weighted by molar-refractivity contribution is 0.102. The topological polar surface area (TPSA) is 122 Å². The number of benzene rings is 3. The lowest BCUT2D eigenvalue weighted by Crippen LogP contribution is -2.35. The molecule has 3 aromatic rings. The molecule has 0 radical (unpaired) electrons. The summed E-state index contributed by atoms with van der Waals surface area (Å²) in [5, 5.41) is 2.73. The van der Waals surface area contributed by atoms with Gasteiger partial charge in [-0.3, -0.25) is 9.52 Å². The second-order valence-electron chi connectivity index (χ2n) is 9.23. The number of sulfonamides is 2. The number of nitrogens with one attached hydrogen (secondary N) is 2. The number of carbonyl (C=O) groups excluding carboxylic acids is 1. The number of piperidine rings is 1. The van der Waals surface area contributed by atoms with E-state index in [9.17, 15) is 21.6 Å². The first kappa shape index (κ1) is 27.6. The summed E-state index contributed by atoms with van der Waals surface area (Å²) < 4.78 is 61.2. The molecule has 9 nitrogen and oxygen atoms in total. The molecule has 1 heterocycles. The monoisotopic (exact) mass is 557 g/mol. The molecule has 0 aliphatic carbocycles. The highest BCUT2D eigenvalue weighted by Crippen LogP contribution is 2.28. The third kappa shape index (κ3) is 6.01. The summed E-state index contributed by atoms with van der Waals surface area (Å²) in [5.74, 6) is -0.0978. The van der Waals surface area contributed by atoms with Gasteiger partial charge < -0.3 is 10.1 Å². The lowest BCUT2D eigenvalue weighted by Gasteiger charge is -2.26. The molecule has 3 aromatic carbocycles. The van der Waals surface area contributed by atoms with E-state index in [0.717, 1.165) is 24.8 Å². The fraction of sp³-hybridized carbons (Fsp3) is 0.296. The van der Waals surface area contributed by atoms with E-state index < -0.39 is 26.0 Å². The van der Waals surface area contributed by atoms with Gasteiger partial charge in [0, 0.05) is 24.3 Å². The van der Waals surface area contributed by atoms with Crippen molar-refractivity contribution in [2.75, 3.05) is 30.2 Å². The minimum absolute atomic E-state index is 0.00450. The summed E-state index contributed by atoms with van der Waals surface area (Å²) in [6, 6.07) is 15.4. The van der Waals surface area contributed by atoms with Crippen molar-refractivity contribution in [3.63, 3.8) is 0 Å². The first-order valence-corrected chi connectivity index (χ1v) is 15.1. The number of methoxy groups -OCH3 is 1. The molecule has 0 aromatic heterocycles. The van der Waals surface area contributed by atoms with Crippen LogP contribution in [0, 0.1) is 13.8 Å². The minimum Gasteiger partial charge on any atom is -0.495 e. The molecule has 4 rings (SSSR count). The summed E-state index contributed by atoms with van der Waals surface area (Å²) in [6.07, 6.45) is 2.64. The molecule has 1 amide bonds. The van der Waals surface area contributed by atoms with Crippen LogP contribution in [0.25, 0.3) is 0 Å². The Labute approximate surface area is 223 Å². The average Bonchev–Trinajstić information content (AvgIpc) is 2.89. The van der Waals surface area contributed by atoms with Crippen LogP contribution in [0.15, 0.2) is 70.5 Å². The van der Waals surface area contributed by atoms with Crippen LogP contribution in [-0.2, 0) is 20.0 Å². The molecule has 0 saturated carbocycles. The van der Waals surface area contributed by atoms with Crippen molar-refractivity contribution in [1.82, 2.24) is 4.31 Å². The molecule has 11 heteroatoms. The number of hydrogen-bond acceptors (Lipinski definition) is 6. The standard InChI is InChI=1S/C27H31N3O6S2/c1-19-7-14-26(36-3)25(17-19)29-37(32,33)22-12-9-21(10-13-22)28-27(31)24-18-23(11-8-20(24)2)38(34,35)30-15-5-4-6-16-30/h7-14,17-18,29H,4-6,15-16H2,1-3H3,(H,28,31). The number of aryl methyl sites for hydroxylation is 2. The molecule has 38 heavy (non-hydrogen) atoms. The molecule has 0 atom stereocenters. The first-order chi connectivity index (χ1) is 18.0. The maximum atomic E-state index is 13.1. The highest BCUT2D eigenvalue weighted by Gasteiger charge is 2.27. The van der Waals surface area contributed by atoms with Crippen LogP contribution in [-0.4, -0.2) is 47.2 Å². The fourth-order valence-electron chi connectivity index (χ4n) is 4.28. The predicted molar refractivity (Wildman–Crippen MR) is 147 cm³/mol. The highest BCUT2D eigenvalue weighted by molar-refractivity contribution is 7.92. The van der Waals surface area contributed by atoms with Crippen LogP contribution in [0.5, 0.6) is 5.75 Å². The van der Waals surface area contributed by atoms with Gasteiger partial charge in [0.1, 0.15) is 5.75 Å². The first-order valence-electron chi connectivity index (χ1n) is 12.2. The van der Waals surface area contributed by atoms with Crippen molar-refractivity contribution in [2.24, 2.45) is 0 Å². The number of amides is 1. The summed E-state index contributed by atoms with van der Waals surface area (Å²) in [7, 11) is -6.15. The number of hydrogen-bond donors (Lipinski definition) is 2. The summed E-state index contributed by atoms with van der Waals surface area (Å²) in [4.78, 5) is 13.1.